The molecule has 0 unspecified atom stereocenters. The van der Waals surface area contributed by atoms with Gasteiger partial charge in [0.2, 0.25) is 0 Å². The molecule has 0 atom stereocenters. The van der Waals surface area contributed by atoms with Crippen molar-refractivity contribution in [2.45, 2.75) is 59.9 Å². The van der Waals surface area contributed by atoms with E-state index in [1.54, 1.807) is 11.3 Å². The molecule has 8 heteroatoms. The van der Waals surface area contributed by atoms with Gasteiger partial charge in [0, 0.05) is 54.9 Å². The molecule has 7 nitrogen and oxygen atoms in total. The number of thiazole rings is 1. The first kappa shape index (κ1) is 25.7. The van der Waals surface area contributed by atoms with Gasteiger partial charge < -0.3 is 14.9 Å². The van der Waals surface area contributed by atoms with Crippen molar-refractivity contribution in [3.05, 3.63) is 64.6 Å². The van der Waals surface area contributed by atoms with E-state index >= 15 is 0 Å². The number of rotatable bonds is 5. The van der Waals surface area contributed by atoms with Gasteiger partial charge in [0.25, 0.3) is 0 Å². The second-order valence-electron chi connectivity index (χ2n) is 11.7. The summed E-state index contributed by atoms with van der Waals surface area (Å²) in [7, 11) is 0. The highest BCUT2D eigenvalue weighted by atomic mass is 32.1. The molecule has 0 bridgehead atoms. The first-order valence-corrected chi connectivity index (χ1v) is 14.6. The van der Waals surface area contributed by atoms with Crippen LogP contribution < -0.4 is 9.80 Å². The van der Waals surface area contributed by atoms with E-state index in [9.17, 15) is 9.90 Å². The second-order valence-corrected chi connectivity index (χ2v) is 12.6. The van der Waals surface area contributed by atoms with Gasteiger partial charge in [-0.15, -0.1) is 0 Å². The van der Waals surface area contributed by atoms with Crippen LogP contribution in [0.2, 0.25) is 0 Å². The molecule has 5 heterocycles. The van der Waals surface area contributed by atoms with Crippen LogP contribution in [-0.2, 0) is 24.2 Å². The summed E-state index contributed by atoms with van der Waals surface area (Å²) in [5.41, 5.74) is 9.80. The van der Waals surface area contributed by atoms with Gasteiger partial charge in [-0.2, -0.15) is 0 Å². The lowest BCUT2D eigenvalue weighted by Crippen LogP contribution is -2.38. The maximum Gasteiger partial charge on any atom is 0.307 e. The number of nitrogens with zero attached hydrogens (tertiary/aromatic N) is 5. The molecule has 2 aliphatic rings. The fourth-order valence-corrected chi connectivity index (χ4v) is 6.96. The van der Waals surface area contributed by atoms with E-state index in [4.69, 9.17) is 9.97 Å². The molecular weight excluding hydrogens is 506 g/mol. The number of aliphatic carboxylic acids is 1. The summed E-state index contributed by atoms with van der Waals surface area (Å²) in [5.74, 6) is -0.816. The first-order chi connectivity index (χ1) is 18.7. The number of carbonyl (C=O) groups is 1. The summed E-state index contributed by atoms with van der Waals surface area (Å²) in [6.07, 6.45) is 4.90. The molecular formula is C31H35N5O2S. The lowest BCUT2D eigenvalue weighted by atomic mass is 9.82. The van der Waals surface area contributed by atoms with Gasteiger partial charge >= 0.3 is 5.97 Å². The number of hydrogen-bond donors (Lipinski definition) is 1. The molecule has 0 aliphatic carbocycles. The molecule has 202 valence electrons. The molecule has 0 saturated carbocycles. The van der Waals surface area contributed by atoms with Crippen LogP contribution in [0.1, 0.15) is 54.8 Å². The van der Waals surface area contributed by atoms with Gasteiger partial charge in [-0.3, -0.25) is 9.78 Å². The van der Waals surface area contributed by atoms with Gasteiger partial charge in [-0.05, 0) is 67.3 Å². The Hall–Kier alpha value is -3.52. The molecule has 39 heavy (non-hydrogen) atoms. The molecule has 0 spiro atoms. The number of piperidine rings is 1. The summed E-state index contributed by atoms with van der Waals surface area (Å²) >= 11 is 1.65. The topological polar surface area (TPSA) is 82.5 Å². The number of pyridine rings is 2. The van der Waals surface area contributed by atoms with Crippen molar-refractivity contribution in [3.63, 3.8) is 0 Å². The van der Waals surface area contributed by atoms with E-state index in [0.29, 0.717) is 5.41 Å². The summed E-state index contributed by atoms with van der Waals surface area (Å²) in [6, 6.07) is 10.7. The molecule has 2 aliphatic heterocycles. The quantitative estimate of drug-likeness (QED) is 0.323. The Balaban J connectivity index is 1.37. The average Bonchev–Trinajstić information content (AvgIpc) is 3.34. The SMILES string of the molecule is Cc1nc(C)c(-c2ccc3c(c2)CCN(c2nc4cccnc4s2)C3)c(N2CCC(C)(C)CC2)c1CC(=O)O. The molecule has 1 fully saturated rings. The van der Waals surface area contributed by atoms with Crippen molar-refractivity contribution in [2.24, 2.45) is 5.41 Å². The van der Waals surface area contributed by atoms with Crippen molar-refractivity contribution < 1.29 is 9.90 Å². The van der Waals surface area contributed by atoms with Crippen molar-refractivity contribution in [1.82, 2.24) is 15.0 Å². The van der Waals surface area contributed by atoms with Gasteiger partial charge in [0.1, 0.15) is 10.3 Å². The van der Waals surface area contributed by atoms with Crippen molar-refractivity contribution in [2.75, 3.05) is 29.4 Å². The Labute approximate surface area is 233 Å². The maximum atomic E-state index is 11.9. The number of fused-ring (bicyclic) bond motifs is 2. The Kier molecular flexibility index (Phi) is 6.53. The highest BCUT2D eigenvalue weighted by Crippen LogP contribution is 2.42. The summed E-state index contributed by atoms with van der Waals surface area (Å²) in [4.78, 5) is 31.8. The predicted octanol–water partition coefficient (Wildman–Crippen LogP) is 6.19. The molecule has 6 rings (SSSR count). The van der Waals surface area contributed by atoms with E-state index in [1.807, 2.05) is 25.3 Å². The van der Waals surface area contributed by atoms with Crippen LogP contribution in [0.5, 0.6) is 0 Å². The normalized spacial score (nSPS) is 16.9. The van der Waals surface area contributed by atoms with E-state index in [0.717, 1.165) is 94.7 Å². The van der Waals surface area contributed by atoms with Gasteiger partial charge in [-0.1, -0.05) is 43.4 Å². The highest BCUT2D eigenvalue weighted by molar-refractivity contribution is 7.21. The van der Waals surface area contributed by atoms with Crippen LogP contribution in [0.3, 0.4) is 0 Å². The maximum absolute atomic E-state index is 11.9. The van der Waals surface area contributed by atoms with Crippen LogP contribution in [0.4, 0.5) is 10.8 Å². The molecule has 4 aromatic rings. The van der Waals surface area contributed by atoms with Gasteiger partial charge in [-0.25, -0.2) is 9.97 Å². The monoisotopic (exact) mass is 541 g/mol. The minimum Gasteiger partial charge on any atom is -0.481 e. The van der Waals surface area contributed by atoms with Crippen molar-refractivity contribution in [1.29, 1.82) is 0 Å². The van der Waals surface area contributed by atoms with Crippen LogP contribution >= 0.6 is 11.3 Å². The molecule has 3 aromatic heterocycles. The number of aromatic nitrogens is 3. The van der Waals surface area contributed by atoms with E-state index in [-0.39, 0.29) is 6.42 Å². The number of anilines is 2. The van der Waals surface area contributed by atoms with Crippen molar-refractivity contribution >= 4 is 38.5 Å². The minimum atomic E-state index is -0.816. The number of carboxylic acids is 1. The van der Waals surface area contributed by atoms with E-state index in [1.165, 1.54) is 11.1 Å². The molecule has 0 amide bonds. The number of carboxylic acid groups (broad SMARTS) is 1. The number of benzene rings is 1. The molecule has 0 radical (unpaired) electrons. The molecule has 1 N–H and O–H groups in total. The number of aryl methyl sites for hydroxylation is 2. The summed E-state index contributed by atoms with van der Waals surface area (Å²) in [6.45, 7) is 12.2. The van der Waals surface area contributed by atoms with Gasteiger partial charge in [0.05, 0.1) is 12.1 Å². The third-order valence-corrected chi connectivity index (χ3v) is 9.39. The summed E-state index contributed by atoms with van der Waals surface area (Å²) in [5, 5.41) is 10.8. The third-order valence-electron chi connectivity index (χ3n) is 8.35. The zero-order valence-corrected chi connectivity index (χ0v) is 23.9. The largest absolute Gasteiger partial charge is 0.481 e. The first-order valence-electron chi connectivity index (χ1n) is 13.7. The Morgan fingerprint density at radius 3 is 2.56 bits per heavy atom. The predicted molar refractivity (Wildman–Crippen MR) is 158 cm³/mol. The number of hydrogen-bond acceptors (Lipinski definition) is 7. The summed E-state index contributed by atoms with van der Waals surface area (Å²) < 4.78 is 0. The van der Waals surface area contributed by atoms with E-state index < -0.39 is 5.97 Å². The second kappa shape index (κ2) is 9.90. The highest BCUT2D eigenvalue weighted by Gasteiger charge is 2.30. The van der Waals surface area contributed by atoms with Crippen LogP contribution in [0.15, 0.2) is 36.5 Å². The van der Waals surface area contributed by atoms with Crippen LogP contribution in [-0.4, -0.2) is 45.7 Å². The molecule has 1 saturated heterocycles. The smallest absolute Gasteiger partial charge is 0.307 e. The Bertz CT molecular complexity index is 1530. The van der Waals surface area contributed by atoms with Crippen LogP contribution in [0.25, 0.3) is 21.5 Å². The van der Waals surface area contributed by atoms with E-state index in [2.05, 4.69) is 53.8 Å². The average molecular weight is 542 g/mol. The van der Waals surface area contributed by atoms with Crippen molar-refractivity contribution in [3.8, 4) is 11.1 Å². The van der Waals surface area contributed by atoms with Crippen LogP contribution in [0, 0.1) is 19.3 Å². The Morgan fingerprint density at radius 1 is 1.03 bits per heavy atom. The lowest BCUT2D eigenvalue weighted by molar-refractivity contribution is -0.136. The fraction of sp³-hybridized carbons (Fsp3) is 0.419. The van der Waals surface area contributed by atoms with Gasteiger partial charge in [0.15, 0.2) is 5.13 Å². The zero-order valence-electron chi connectivity index (χ0n) is 23.1. The Morgan fingerprint density at radius 2 is 1.82 bits per heavy atom. The minimum absolute atomic E-state index is 0.0156. The standard InChI is InChI=1S/C31H35N5O2S/c1-19-24(17-26(37)38)28(35-14-10-31(3,4)11-15-35)27(20(2)33-19)22-7-8-23-18-36(13-9-21(23)16-22)30-34-25-6-5-12-32-29(25)39-30/h5-8,12,16H,9-11,13-15,17-18H2,1-4H3,(H,37,38). The lowest BCUT2D eigenvalue weighted by Gasteiger charge is -2.40. The zero-order chi connectivity index (χ0) is 27.3. The fourth-order valence-electron chi connectivity index (χ4n) is 6.03. The third kappa shape index (κ3) is 4.98. The molecule has 1 aromatic carbocycles.